The number of nitro benzene ring substituents is 1. The lowest BCUT2D eigenvalue weighted by molar-refractivity contribution is -0.384. The third kappa shape index (κ3) is 3.50. The molecule has 1 heterocycles. The summed E-state index contributed by atoms with van der Waals surface area (Å²) in [6.45, 7) is 0. The number of carbonyl (C=O) groups is 1. The van der Waals surface area contributed by atoms with Gasteiger partial charge in [-0.25, -0.2) is 0 Å². The Morgan fingerprint density at radius 2 is 2.04 bits per heavy atom. The van der Waals surface area contributed by atoms with Crippen molar-refractivity contribution >= 4 is 12.0 Å². The number of rotatable bonds is 5. The fourth-order valence-electron chi connectivity index (χ4n) is 2.55. The second kappa shape index (κ2) is 6.88. The molecule has 3 aromatic rings. The first-order chi connectivity index (χ1) is 12.1. The van der Waals surface area contributed by atoms with Crippen molar-refractivity contribution in [3.05, 3.63) is 81.9 Å². The van der Waals surface area contributed by atoms with E-state index in [9.17, 15) is 20.0 Å². The highest BCUT2D eigenvalue weighted by Gasteiger charge is 2.15. The third-order valence-corrected chi connectivity index (χ3v) is 3.70. The van der Waals surface area contributed by atoms with Crippen molar-refractivity contribution in [2.45, 2.75) is 6.42 Å². The van der Waals surface area contributed by atoms with E-state index in [0.29, 0.717) is 29.5 Å². The van der Waals surface area contributed by atoms with Gasteiger partial charge in [-0.1, -0.05) is 12.1 Å². The molecule has 2 aromatic carbocycles. The van der Waals surface area contributed by atoms with Crippen LogP contribution in [0.15, 0.2) is 55.0 Å². The first-order valence-electron chi connectivity index (χ1n) is 7.39. The number of phenols is 1. The van der Waals surface area contributed by atoms with Gasteiger partial charge in [-0.2, -0.15) is 0 Å². The highest BCUT2D eigenvalue weighted by molar-refractivity contribution is 5.86. The van der Waals surface area contributed by atoms with Gasteiger partial charge in [0.15, 0.2) is 6.29 Å². The van der Waals surface area contributed by atoms with E-state index < -0.39 is 4.92 Å². The van der Waals surface area contributed by atoms with Gasteiger partial charge >= 0.3 is 0 Å². The number of hydrogen-bond donors (Lipinski definition) is 1. The summed E-state index contributed by atoms with van der Waals surface area (Å²) in [5.41, 5.74) is 2.27. The number of aldehydes is 1. The zero-order valence-electron chi connectivity index (χ0n) is 13.0. The molecule has 25 heavy (non-hydrogen) atoms. The summed E-state index contributed by atoms with van der Waals surface area (Å²) in [6.07, 6.45) is 5.71. The predicted molar refractivity (Wildman–Crippen MR) is 90.4 cm³/mol. The summed E-state index contributed by atoms with van der Waals surface area (Å²) in [5.74, 6) is -0.210. The van der Waals surface area contributed by atoms with Crippen molar-refractivity contribution in [3.63, 3.8) is 0 Å². The predicted octanol–water partition coefficient (Wildman–Crippen LogP) is 3.16. The van der Waals surface area contributed by atoms with E-state index in [0.717, 1.165) is 5.56 Å². The average Bonchev–Trinajstić information content (AvgIpc) is 2.64. The number of carbonyl (C=O) groups excluding carboxylic acids is 1. The molecule has 0 atom stereocenters. The number of hydrogen-bond acceptors (Lipinski definition) is 6. The third-order valence-electron chi connectivity index (χ3n) is 3.70. The molecular weight excluding hydrogens is 322 g/mol. The van der Waals surface area contributed by atoms with Crippen LogP contribution in [-0.4, -0.2) is 26.3 Å². The monoisotopic (exact) mass is 335 g/mol. The van der Waals surface area contributed by atoms with E-state index >= 15 is 0 Å². The molecule has 0 bridgehead atoms. The van der Waals surface area contributed by atoms with Crippen molar-refractivity contribution < 1.29 is 14.8 Å². The maximum atomic E-state index is 11.3. The largest absolute Gasteiger partial charge is 0.507 e. The summed E-state index contributed by atoms with van der Waals surface area (Å²) in [4.78, 5) is 29.9. The van der Waals surface area contributed by atoms with Crippen LogP contribution >= 0.6 is 0 Å². The van der Waals surface area contributed by atoms with Crippen LogP contribution < -0.4 is 0 Å². The first kappa shape index (κ1) is 16.3. The van der Waals surface area contributed by atoms with Crippen LogP contribution in [0, 0.1) is 10.1 Å². The van der Waals surface area contributed by atoms with Gasteiger partial charge in [0.2, 0.25) is 0 Å². The lowest BCUT2D eigenvalue weighted by Gasteiger charge is -2.10. The summed E-state index contributed by atoms with van der Waals surface area (Å²) in [5, 5.41) is 21.3. The Kier molecular flexibility index (Phi) is 4.47. The lowest BCUT2D eigenvalue weighted by Crippen LogP contribution is -1.96. The number of nitrogens with zero attached hydrogens (tertiary/aromatic N) is 3. The van der Waals surface area contributed by atoms with E-state index in [-0.39, 0.29) is 17.0 Å². The van der Waals surface area contributed by atoms with Crippen molar-refractivity contribution in [1.82, 2.24) is 9.97 Å². The first-order valence-corrected chi connectivity index (χ1v) is 7.39. The zero-order chi connectivity index (χ0) is 17.8. The number of benzene rings is 2. The molecule has 0 spiro atoms. The summed E-state index contributed by atoms with van der Waals surface area (Å²) < 4.78 is 0. The smallest absolute Gasteiger partial charge is 0.270 e. The Balaban J connectivity index is 2.09. The zero-order valence-corrected chi connectivity index (χ0v) is 13.0. The molecule has 7 nitrogen and oxygen atoms in total. The fraction of sp³-hybridized carbons (Fsp3) is 0.0556. The van der Waals surface area contributed by atoms with Crippen LogP contribution in [0.5, 0.6) is 5.75 Å². The van der Waals surface area contributed by atoms with Crippen molar-refractivity contribution in [2.75, 3.05) is 0 Å². The number of phenolic OH excluding ortho intramolecular Hbond substituents is 1. The van der Waals surface area contributed by atoms with Crippen molar-refractivity contribution in [3.8, 4) is 16.9 Å². The molecule has 0 aliphatic rings. The molecule has 0 saturated carbocycles. The van der Waals surface area contributed by atoms with E-state index in [1.54, 1.807) is 36.8 Å². The molecule has 0 fully saturated rings. The van der Waals surface area contributed by atoms with Crippen LogP contribution in [0.3, 0.4) is 0 Å². The van der Waals surface area contributed by atoms with Gasteiger partial charge in [0, 0.05) is 42.7 Å². The van der Waals surface area contributed by atoms with E-state index in [1.165, 1.54) is 18.2 Å². The van der Waals surface area contributed by atoms with Crippen LogP contribution in [0.1, 0.15) is 21.6 Å². The maximum absolute atomic E-state index is 11.3. The van der Waals surface area contributed by atoms with E-state index in [2.05, 4.69) is 9.97 Å². The van der Waals surface area contributed by atoms with Gasteiger partial charge in [-0.3, -0.25) is 24.9 Å². The minimum atomic E-state index is -0.509. The summed E-state index contributed by atoms with van der Waals surface area (Å²) >= 11 is 0. The molecule has 1 N–H and O–H groups in total. The molecule has 3 rings (SSSR count). The van der Waals surface area contributed by atoms with E-state index in [4.69, 9.17) is 0 Å². The topological polar surface area (TPSA) is 106 Å². The SMILES string of the molecule is O=Cc1cc(Cc2cnccn2)cc(-c2cccc([N+](=O)[O-])c2)c1O. The average molecular weight is 335 g/mol. The highest BCUT2D eigenvalue weighted by Crippen LogP contribution is 2.35. The molecule has 124 valence electrons. The Morgan fingerprint density at radius 1 is 1.20 bits per heavy atom. The van der Waals surface area contributed by atoms with Crippen LogP contribution in [-0.2, 0) is 6.42 Å². The molecule has 0 radical (unpaired) electrons. The van der Waals surface area contributed by atoms with Gasteiger partial charge < -0.3 is 5.11 Å². The molecule has 0 aliphatic heterocycles. The molecule has 0 amide bonds. The highest BCUT2D eigenvalue weighted by atomic mass is 16.6. The van der Waals surface area contributed by atoms with Gasteiger partial charge in [0.1, 0.15) is 5.75 Å². The normalized spacial score (nSPS) is 10.4. The Labute approximate surface area is 142 Å². The molecule has 7 heteroatoms. The number of aromatic nitrogens is 2. The molecular formula is C18H13N3O4. The molecule has 0 saturated heterocycles. The Bertz CT molecular complexity index is 942. The fourth-order valence-corrected chi connectivity index (χ4v) is 2.55. The van der Waals surface area contributed by atoms with Gasteiger partial charge in [0.05, 0.1) is 16.2 Å². The van der Waals surface area contributed by atoms with Crippen LogP contribution in [0.2, 0.25) is 0 Å². The Hall–Kier alpha value is -3.61. The van der Waals surface area contributed by atoms with Gasteiger partial charge in [-0.05, 0) is 23.3 Å². The number of aromatic hydroxyl groups is 1. The minimum Gasteiger partial charge on any atom is -0.507 e. The van der Waals surface area contributed by atoms with E-state index in [1.807, 2.05) is 0 Å². The Morgan fingerprint density at radius 3 is 2.72 bits per heavy atom. The lowest BCUT2D eigenvalue weighted by atomic mass is 9.96. The van der Waals surface area contributed by atoms with Crippen molar-refractivity contribution in [1.29, 1.82) is 0 Å². The quantitative estimate of drug-likeness (QED) is 0.436. The van der Waals surface area contributed by atoms with Crippen LogP contribution in [0.25, 0.3) is 11.1 Å². The number of non-ortho nitro benzene ring substituents is 1. The number of nitro groups is 1. The molecule has 0 unspecified atom stereocenters. The second-order valence-electron chi connectivity index (χ2n) is 5.38. The summed E-state index contributed by atoms with van der Waals surface area (Å²) in [7, 11) is 0. The van der Waals surface area contributed by atoms with Crippen LogP contribution in [0.4, 0.5) is 5.69 Å². The van der Waals surface area contributed by atoms with Crippen molar-refractivity contribution in [2.24, 2.45) is 0 Å². The maximum Gasteiger partial charge on any atom is 0.270 e. The summed E-state index contributed by atoms with van der Waals surface area (Å²) in [6, 6.07) is 9.15. The second-order valence-corrected chi connectivity index (χ2v) is 5.38. The standard InChI is InChI=1S/C18H13N3O4/c22-11-14-6-12(7-15-10-19-4-5-20-15)8-17(18(14)23)13-2-1-3-16(9-13)21(24)25/h1-6,8-11,23H,7H2. The molecule has 1 aromatic heterocycles. The minimum absolute atomic E-state index is 0.0936. The van der Waals surface area contributed by atoms with Gasteiger partial charge in [0.25, 0.3) is 5.69 Å². The van der Waals surface area contributed by atoms with Gasteiger partial charge in [-0.15, -0.1) is 0 Å². The molecule has 0 aliphatic carbocycles.